The molecule has 4 aromatic rings. The third kappa shape index (κ3) is 5.33. The van der Waals surface area contributed by atoms with E-state index < -0.39 is 11.4 Å². The molecule has 0 bridgehead atoms. The molecule has 0 spiro atoms. The normalized spacial score (nSPS) is 12.7. The molecule has 7 nitrogen and oxygen atoms in total. The van der Waals surface area contributed by atoms with Gasteiger partial charge >= 0.3 is 35.3 Å². The SMILES string of the molecule is O=c1[n-]c(=O)n(Cc2ccc(OCc3ccc4c(c3)N(c3ccccc3)CCC4)cc2)o1.[Na+]. The Kier molecular flexibility index (Phi) is 7.23. The van der Waals surface area contributed by atoms with Crippen molar-refractivity contribution < 1.29 is 38.8 Å². The van der Waals surface area contributed by atoms with Gasteiger partial charge in [-0.2, -0.15) is 0 Å². The molecule has 0 unspecified atom stereocenters. The molecule has 3 aromatic carbocycles. The van der Waals surface area contributed by atoms with E-state index in [9.17, 15) is 9.59 Å². The molecule has 0 saturated heterocycles. The van der Waals surface area contributed by atoms with E-state index in [-0.39, 0.29) is 36.1 Å². The van der Waals surface area contributed by atoms with Crippen molar-refractivity contribution in [2.75, 3.05) is 11.4 Å². The quantitative estimate of drug-likeness (QED) is 0.397. The number of aryl methyl sites for hydroxylation is 1. The average molecular weight is 451 g/mol. The summed E-state index contributed by atoms with van der Waals surface area (Å²) in [5.41, 5.74) is 5.03. The number of hydrogen-bond donors (Lipinski definition) is 0. The van der Waals surface area contributed by atoms with E-state index in [1.807, 2.05) is 30.3 Å². The van der Waals surface area contributed by atoms with Crippen LogP contribution < -0.4 is 55.6 Å². The average Bonchev–Trinajstić information content (AvgIpc) is 3.15. The van der Waals surface area contributed by atoms with Crippen molar-refractivity contribution in [3.63, 3.8) is 0 Å². The van der Waals surface area contributed by atoms with E-state index in [4.69, 9.17) is 9.26 Å². The second-order valence-corrected chi connectivity index (χ2v) is 7.77. The molecule has 1 aromatic heterocycles. The number of para-hydroxylation sites is 1. The van der Waals surface area contributed by atoms with Gasteiger partial charge in [0.25, 0.3) is 0 Å². The largest absolute Gasteiger partial charge is 1.00 e. The summed E-state index contributed by atoms with van der Waals surface area (Å²) in [6.45, 7) is 1.61. The molecule has 162 valence electrons. The predicted molar refractivity (Wildman–Crippen MR) is 121 cm³/mol. The van der Waals surface area contributed by atoms with Crippen molar-refractivity contribution in [2.24, 2.45) is 0 Å². The number of anilines is 2. The first kappa shape index (κ1) is 23.2. The topological polar surface area (TPSA) is 78.8 Å². The molecule has 1 aliphatic heterocycles. The maximum Gasteiger partial charge on any atom is 1.00 e. The van der Waals surface area contributed by atoms with Gasteiger partial charge in [0.2, 0.25) is 0 Å². The molecule has 5 rings (SSSR count). The van der Waals surface area contributed by atoms with Gasteiger partial charge in [-0.15, -0.1) is 0 Å². The van der Waals surface area contributed by atoms with Crippen molar-refractivity contribution in [1.29, 1.82) is 0 Å². The molecular weight excluding hydrogens is 429 g/mol. The zero-order chi connectivity index (χ0) is 21.9. The molecule has 33 heavy (non-hydrogen) atoms. The second-order valence-electron chi connectivity index (χ2n) is 7.77. The van der Waals surface area contributed by atoms with Crippen molar-refractivity contribution in [3.8, 4) is 5.75 Å². The minimum Gasteiger partial charge on any atom is -0.489 e. The number of rotatable bonds is 6. The molecule has 8 heteroatoms. The van der Waals surface area contributed by atoms with E-state index in [1.165, 1.54) is 16.9 Å². The zero-order valence-electron chi connectivity index (χ0n) is 18.4. The van der Waals surface area contributed by atoms with Gasteiger partial charge < -0.3 is 19.1 Å². The summed E-state index contributed by atoms with van der Waals surface area (Å²) in [4.78, 5) is 28.1. The number of benzene rings is 3. The van der Waals surface area contributed by atoms with Gasteiger partial charge in [-0.05, 0) is 59.9 Å². The Labute approximate surface area is 212 Å². The van der Waals surface area contributed by atoms with Crippen LogP contribution in [-0.4, -0.2) is 11.3 Å². The zero-order valence-corrected chi connectivity index (χ0v) is 20.4. The molecule has 0 radical (unpaired) electrons. The molecule has 0 aliphatic carbocycles. The maximum atomic E-state index is 11.5. The molecule has 1 aliphatic rings. The van der Waals surface area contributed by atoms with Crippen LogP contribution in [-0.2, 0) is 19.6 Å². The third-order valence-electron chi connectivity index (χ3n) is 5.58. The van der Waals surface area contributed by atoms with Crippen LogP contribution in [0.2, 0.25) is 0 Å². The van der Waals surface area contributed by atoms with Gasteiger partial charge in [0.15, 0.2) is 5.69 Å². The van der Waals surface area contributed by atoms with Crippen LogP contribution in [0.4, 0.5) is 11.4 Å². The van der Waals surface area contributed by atoms with Crippen LogP contribution in [0.1, 0.15) is 23.1 Å². The number of fused-ring (bicyclic) bond motifs is 1. The van der Waals surface area contributed by atoms with Crippen molar-refractivity contribution in [3.05, 3.63) is 111 Å². The van der Waals surface area contributed by atoms with Gasteiger partial charge in [0.05, 0.1) is 0 Å². The molecule has 2 heterocycles. The summed E-state index contributed by atoms with van der Waals surface area (Å²) in [6, 6.07) is 24.3. The first-order chi connectivity index (χ1) is 15.7. The van der Waals surface area contributed by atoms with Gasteiger partial charge in [0.1, 0.15) is 12.4 Å². The minimum atomic E-state index is -0.883. The number of hydrogen-bond acceptors (Lipinski definition) is 5. The minimum absolute atomic E-state index is 0. The predicted octanol–water partition coefficient (Wildman–Crippen LogP) is 0.474. The van der Waals surface area contributed by atoms with Crippen molar-refractivity contribution in [1.82, 2.24) is 9.72 Å². The summed E-state index contributed by atoms with van der Waals surface area (Å²) < 4.78 is 11.7. The maximum absolute atomic E-state index is 11.5. The van der Waals surface area contributed by atoms with Crippen molar-refractivity contribution in [2.45, 2.75) is 26.0 Å². The van der Waals surface area contributed by atoms with Crippen LogP contribution in [0.5, 0.6) is 5.75 Å². The first-order valence-electron chi connectivity index (χ1n) is 10.6. The standard InChI is InChI=1S/C25H23N3O4.Na/c29-24-26-25(30)32-28(24)16-18-9-12-22(13-10-18)31-17-19-8-11-20-5-4-14-27(23(20)15-19)21-6-2-1-3-7-21;/h1-3,6-13,15H,4-5,14,16-17H2,(H,26,29,30);/q;+1/p-1. The smallest absolute Gasteiger partial charge is 0.489 e. The number of ether oxygens (including phenoxy) is 1. The van der Waals surface area contributed by atoms with E-state index in [1.54, 1.807) is 0 Å². The molecule has 0 saturated carbocycles. The fraction of sp³-hybridized carbons (Fsp3) is 0.200. The Balaban J connectivity index is 0.00000259. The Morgan fingerprint density at radius 2 is 1.70 bits per heavy atom. The van der Waals surface area contributed by atoms with E-state index >= 15 is 0 Å². The van der Waals surface area contributed by atoms with Gasteiger partial charge in [-0.25, -0.2) is 4.79 Å². The fourth-order valence-corrected chi connectivity index (χ4v) is 4.00. The van der Waals surface area contributed by atoms with E-state index in [0.717, 1.165) is 41.0 Å². The summed E-state index contributed by atoms with van der Waals surface area (Å²) in [7, 11) is 0. The Morgan fingerprint density at radius 3 is 2.42 bits per heavy atom. The van der Waals surface area contributed by atoms with Gasteiger partial charge in [-0.1, -0.05) is 42.5 Å². The molecule has 0 amide bonds. The van der Waals surface area contributed by atoms with Crippen LogP contribution in [0.15, 0.2) is 86.9 Å². The molecule has 0 fully saturated rings. The molecule has 0 N–H and O–H groups in total. The van der Waals surface area contributed by atoms with Crippen LogP contribution in [0, 0.1) is 0 Å². The van der Waals surface area contributed by atoms with E-state index in [0.29, 0.717) is 6.61 Å². The number of aromatic nitrogens is 2. The monoisotopic (exact) mass is 451 g/mol. The summed E-state index contributed by atoms with van der Waals surface area (Å²) in [5.74, 6) is -0.161. The first-order valence-corrected chi connectivity index (χ1v) is 10.6. The fourth-order valence-electron chi connectivity index (χ4n) is 4.00. The van der Waals surface area contributed by atoms with Crippen LogP contribution >= 0.6 is 0 Å². The number of nitrogens with zero attached hydrogens (tertiary/aromatic N) is 3. The van der Waals surface area contributed by atoms with Crippen LogP contribution in [0.25, 0.3) is 0 Å². The van der Waals surface area contributed by atoms with E-state index in [2.05, 4.69) is 52.3 Å². The molecule has 0 atom stereocenters. The Hall–Kier alpha value is -3.00. The molecular formula is C25H22N3NaO4. The Bertz CT molecular complexity index is 1330. The summed E-state index contributed by atoms with van der Waals surface area (Å²) in [6.07, 6.45) is 2.23. The third-order valence-corrected chi connectivity index (χ3v) is 5.58. The van der Waals surface area contributed by atoms with Crippen LogP contribution in [0.3, 0.4) is 0 Å². The van der Waals surface area contributed by atoms with Crippen molar-refractivity contribution >= 4 is 11.4 Å². The van der Waals surface area contributed by atoms with Gasteiger partial charge in [0, 0.05) is 24.5 Å². The Morgan fingerprint density at radius 1 is 0.939 bits per heavy atom. The second kappa shape index (κ2) is 10.3. The summed E-state index contributed by atoms with van der Waals surface area (Å²) in [5, 5.41) is 0. The van der Waals surface area contributed by atoms with Gasteiger partial charge in [-0.3, -0.25) is 9.53 Å². The summed E-state index contributed by atoms with van der Waals surface area (Å²) >= 11 is 0.